The number of carbonyl (C=O) groups excluding carboxylic acids is 1. The third-order valence-corrected chi connectivity index (χ3v) is 4.03. The minimum atomic E-state index is 0.00120. The summed E-state index contributed by atoms with van der Waals surface area (Å²) in [7, 11) is 0. The number of fused-ring (bicyclic) bond motifs is 2. The van der Waals surface area contributed by atoms with Crippen molar-refractivity contribution in [3.8, 4) is 0 Å². The molecule has 86 valence electrons. The predicted octanol–water partition coefficient (Wildman–Crippen LogP) is 1.70. The lowest BCUT2D eigenvalue weighted by Crippen LogP contribution is -2.47. The van der Waals surface area contributed by atoms with E-state index in [0.717, 1.165) is 12.8 Å². The van der Waals surface area contributed by atoms with Crippen molar-refractivity contribution in [1.82, 2.24) is 0 Å². The Kier molecular flexibility index (Phi) is 3.29. The topological polar surface area (TPSA) is 52.3 Å². The number of carbonyl (C=O) groups is 1. The maximum absolute atomic E-state index is 11.7. The molecule has 2 bridgehead atoms. The molecule has 0 spiro atoms. The molecule has 0 saturated heterocycles. The Labute approximate surface area is 91.4 Å². The zero-order valence-electron chi connectivity index (χ0n) is 9.45. The van der Waals surface area contributed by atoms with Crippen molar-refractivity contribution in [3.05, 3.63) is 0 Å². The molecule has 2 aliphatic rings. The van der Waals surface area contributed by atoms with E-state index in [9.17, 15) is 4.79 Å². The highest BCUT2D eigenvalue weighted by Crippen LogP contribution is 2.42. The van der Waals surface area contributed by atoms with Crippen LogP contribution in [0, 0.1) is 17.8 Å². The molecule has 3 nitrogen and oxygen atoms in total. The third-order valence-electron chi connectivity index (χ3n) is 4.03. The van der Waals surface area contributed by atoms with Gasteiger partial charge in [-0.15, -0.1) is 0 Å². The zero-order chi connectivity index (χ0) is 10.8. The fraction of sp³-hybridized carbons (Fsp3) is 0.917. The van der Waals surface area contributed by atoms with Crippen LogP contribution in [0.5, 0.6) is 0 Å². The maximum Gasteiger partial charge on any atom is 0.308 e. The molecule has 0 heterocycles. The van der Waals surface area contributed by atoms with Crippen LogP contribution in [0.25, 0.3) is 0 Å². The highest BCUT2D eigenvalue weighted by Gasteiger charge is 2.40. The Bertz CT molecular complexity index is 228. The van der Waals surface area contributed by atoms with Crippen LogP contribution in [0.2, 0.25) is 0 Å². The van der Waals surface area contributed by atoms with Gasteiger partial charge in [0.1, 0.15) is 0 Å². The van der Waals surface area contributed by atoms with Crippen LogP contribution < -0.4 is 5.73 Å². The summed E-state index contributed by atoms with van der Waals surface area (Å²) >= 11 is 0. The maximum atomic E-state index is 11.7. The van der Waals surface area contributed by atoms with E-state index >= 15 is 0 Å². The molecule has 2 fully saturated rings. The van der Waals surface area contributed by atoms with Crippen LogP contribution in [-0.2, 0) is 9.53 Å². The lowest BCUT2D eigenvalue weighted by atomic mass is 9.65. The van der Waals surface area contributed by atoms with Gasteiger partial charge in [0.05, 0.1) is 12.5 Å². The SMILES string of the molecule is CCOC(=O)C1CC2CCCC(C1)C2N. The van der Waals surface area contributed by atoms with Crippen molar-refractivity contribution >= 4 is 5.97 Å². The molecule has 0 aliphatic heterocycles. The largest absolute Gasteiger partial charge is 0.466 e. The van der Waals surface area contributed by atoms with Gasteiger partial charge < -0.3 is 10.5 Å². The first-order chi connectivity index (χ1) is 7.22. The third kappa shape index (κ3) is 2.17. The summed E-state index contributed by atoms with van der Waals surface area (Å²) in [6.07, 6.45) is 5.60. The molecule has 2 saturated carbocycles. The number of hydrogen-bond donors (Lipinski definition) is 1. The van der Waals surface area contributed by atoms with Crippen molar-refractivity contribution in [2.24, 2.45) is 23.5 Å². The number of hydrogen-bond acceptors (Lipinski definition) is 3. The lowest BCUT2D eigenvalue weighted by molar-refractivity contribution is -0.151. The van der Waals surface area contributed by atoms with Gasteiger partial charge in [-0.3, -0.25) is 4.79 Å². The Hall–Kier alpha value is -0.570. The van der Waals surface area contributed by atoms with E-state index in [0.29, 0.717) is 24.5 Å². The Balaban J connectivity index is 1.98. The molecule has 3 heteroatoms. The molecular formula is C12H21NO2. The number of ether oxygens (including phenoxy) is 1. The molecule has 2 unspecified atom stereocenters. The normalized spacial score (nSPS) is 39.9. The second kappa shape index (κ2) is 4.52. The molecule has 2 aliphatic carbocycles. The average Bonchev–Trinajstić information content (AvgIpc) is 2.17. The molecule has 2 atom stereocenters. The quantitative estimate of drug-likeness (QED) is 0.707. The van der Waals surface area contributed by atoms with Crippen molar-refractivity contribution in [2.45, 2.75) is 45.1 Å². The van der Waals surface area contributed by atoms with Crippen LogP contribution in [0.1, 0.15) is 39.0 Å². The molecule has 15 heavy (non-hydrogen) atoms. The van der Waals surface area contributed by atoms with Gasteiger partial charge in [0.15, 0.2) is 0 Å². The first-order valence-corrected chi connectivity index (χ1v) is 6.14. The van der Waals surface area contributed by atoms with Crippen molar-refractivity contribution in [3.63, 3.8) is 0 Å². The second-order valence-electron chi connectivity index (χ2n) is 4.95. The van der Waals surface area contributed by atoms with Crippen molar-refractivity contribution in [1.29, 1.82) is 0 Å². The standard InChI is InChI=1S/C12H21NO2/c1-2-15-12(14)10-6-8-4-3-5-9(7-10)11(8)13/h8-11H,2-7,13H2,1H3. The summed E-state index contributed by atoms with van der Waals surface area (Å²) in [5.41, 5.74) is 6.17. The molecule has 0 aromatic rings. The summed E-state index contributed by atoms with van der Waals surface area (Å²) < 4.78 is 5.10. The molecule has 2 N–H and O–H groups in total. The molecule has 0 aromatic carbocycles. The van der Waals surface area contributed by atoms with Crippen LogP contribution in [0.15, 0.2) is 0 Å². The van der Waals surface area contributed by atoms with Crippen LogP contribution in [-0.4, -0.2) is 18.6 Å². The number of rotatable bonds is 2. The van der Waals surface area contributed by atoms with E-state index in [1.165, 1.54) is 19.3 Å². The van der Waals surface area contributed by atoms with Gasteiger partial charge in [0, 0.05) is 6.04 Å². The lowest BCUT2D eigenvalue weighted by Gasteiger charge is -2.43. The van der Waals surface area contributed by atoms with Crippen molar-refractivity contribution in [2.75, 3.05) is 6.61 Å². The highest BCUT2D eigenvalue weighted by atomic mass is 16.5. The van der Waals surface area contributed by atoms with Gasteiger partial charge >= 0.3 is 5.97 Å². The number of esters is 1. The summed E-state index contributed by atoms with van der Waals surface area (Å²) in [4.78, 5) is 11.7. The fourth-order valence-electron chi connectivity index (χ4n) is 3.24. The average molecular weight is 211 g/mol. The first-order valence-electron chi connectivity index (χ1n) is 6.14. The van der Waals surface area contributed by atoms with E-state index in [1.807, 2.05) is 6.92 Å². The smallest absolute Gasteiger partial charge is 0.308 e. The van der Waals surface area contributed by atoms with Crippen molar-refractivity contribution < 1.29 is 9.53 Å². The summed E-state index contributed by atoms with van der Waals surface area (Å²) in [6, 6.07) is 0.337. The second-order valence-corrected chi connectivity index (χ2v) is 4.95. The minimum Gasteiger partial charge on any atom is -0.466 e. The molecule has 0 radical (unpaired) electrons. The van der Waals surface area contributed by atoms with Crippen LogP contribution in [0.3, 0.4) is 0 Å². The van der Waals surface area contributed by atoms with Gasteiger partial charge in [0.25, 0.3) is 0 Å². The van der Waals surface area contributed by atoms with E-state index in [1.54, 1.807) is 0 Å². The first kappa shape index (κ1) is 10.9. The van der Waals surface area contributed by atoms with Gasteiger partial charge in [-0.25, -0.2) is 0 Å². The predicted molar refractivity (Wildman–Crippen MR) is 58.2 cm³/mol. The summed E-state index contributed by atoms with van der Waals surface area (Å²) in [6.45, 7) is 2.37. The van der Waals surface area contributed by atoms with Crippen LogP contribution in [0.4, 0.5) is 0 Å². The molecule has 0 amide bonds. The molecule has 2 rings (SSSR count). The number of nitrogens with two attached hydrogens (primary N) is 1. The Morgan fingerprint density at radius 2 is 1.93 bits per heavy atom. The van der Waals surface area contributed by atoms with Gasteiger partial charge in [-0.2, -0.15) is 0 Å². The van der Waals surface area contributed by atoms with Crippen LogP contribution >= 0.6 is 0 Å². The zero-order valence-corrected chi connectivity index (χ0v) is 9.45. The van der Waals surface area contributed by atoms with E-state index in [2.05, 4.69) is 0 Å². The monoisotopic (exact) mass is 211 g/mol. The molecule has 0 aromatic heterocycles. The van der Waals surface area contributed by atoms with E-state index in [-0.39, 0.29) is 11.9 Å². The Morgan fingerprint density at radius 3 is 2.47 bits per heavy atom. The summed E-state index contributed by atoms with van der Waals surface area (Å²) in [5.74, 6) is 1.25. The minimum absolute atomic E-state index is 0.00120. The van der Waals surface area contributed by atoms with Gasteiger partial charge in [-0.05, 0) is 44.4 Å². The summed E-state index contributed by atoms with van der Waals surface area (Å²) in [5, 5.41) is 0. The molecular weight excluding hydrogens is 190 g/mol. The Morgan fingerprint density at radius 1 is 1.33 bits per heavy atom. The highest BCUT2D eigenvalue weighted by molar-refractivity contribution is 5.72. The fourth-order valence-corrected chi connectivity index (χ4v) is 3.24. The van der Waals surface area contributed by atoms with E-state index < -0.39 is 0 Å². The van der Waals surface area contributed by atoms with Gasteiger partial charge in [-0.1, -0.05) is 6.42 Å². The van der Waals surface area contributed by atoms with E-state index in [4.69, 9.17) is 10.5 Å². The van der Waals surface area contributed by atoms with Gasteiger partial charge in [0.2, 0.25) is 0 Å².